The van der Waals surface area contributed by atoms with E-state index < -0.39 is 0 Å². The van der Waals surface area contributed by atoms with Crippen LogP contribution in [0.15, 0.2) is 53.7 Å². The molecule has 2 aromatic carbocycles. The Kier molecular flexibility index (Phi) is 6.75. The molecule has 0 spiro atoms. The maximum Gasteiger partial charge on any atom is 0.234 e. The summed E-state index contributed by atoms with van der Waals surface area (Å²) in [4.78, 5) is 12.4. The van der Waals surface area contributed by atoms with Gasteiger partial charge in [-0.3, -0.25) is 4.79 Å². The summed E-state index contributed by atoms with van der Waals surface area (Å²) < 4.78 is 2.08. The predicted molar refractivity (Wildman–Crippen MR) is 116 cm³/mol. The number of carbonyl (C=O) groups excluding carboxylic acids is 1. The molecule has 5 nitrogen and oxygen atoms in total. The van der Waals surface area contributed by atoms with Crippen LogP contribution in [0.25, 0.3) is 11.4 Å². The zero-order valence-corrected chi connectivity index (χ0v) is 17.7. The van der Waals surface area contributed by atoms with Crippen molar-refractivity contribution < 1.29 is 4.79 Å². The third kappa shape index (κ3) is 5.14. The lowest BCUT2D eigenvalue weighted by Crippen LogP contribution is -2.15. The summed E-state index contributed by atoms with van der Waals surface area (Å²) in [5.41, 5.74) is 2.68. The number of rotatable bonds is 7. The van der Waals surface area contributed by atoms with Crippen LogP contribution in [-0.2, 0) is 11.3 Å². The lowest BCUT2D eigenvalue weighted by molar-refractivity contribution is -0.113. The smallest absolute Gasteiger partial charge is 0.234 e. The van der Waals surface area contributed by atoms with Crippen LogP contribution in [0.2, 0.25) is 5.02 Å². The van der Waals surface area contributed by atoms with E-state index in [0.29, 0.717) is 16.6 Å². The summed E-state index contributed by atoms with van der Waals surface area (Å²) in [7, 11) is 0. The first-order valence-electron chi connectivity index (χ1n) is 9.11. The van der Waals surface area contributed by atoms with Crippen molar-refractivity contribution in [3.63, 3.8) is 0 Å². The van der Waals surface area contributed by atoms with E-state index in [1.54, 1.807) is 6.07 Å². The SMILES string of the molecule is Cc1ccc(NC(=O)CSc2nnc(-c3ccccc3)n2CC(C)C)cc1Cl. The third-order valence-corrected chi connectivity index (χ3v) is 5.46. The molecule has 1 aromatic heterocycles. The van der Waals surface area contributed by atoms with Gasteiger partial charge in [0.15, 0.2) is 11.0 Å². The number of benzene rings is 2. The molecule has 0 saturated heterocycles. The Balaban J connectivity index is 1.72. The molecule has 3 aromatic rings. The van der Waals surface area contributed by atoms with Gasteiger partial charge in [-0.05, 0) is 30.5 Å². The molecule has 3 rings (SSSR count). The van der Waals surface area contributed by atoms with Gasteiger partial charge in [0.1, 0.15) is 0 Å². The highest BCUT2D eigenvalue weighted by atomic mass is 35.5. The summed E-state index contributed by atoms with van der Waals surface area (Å²) in [6.45, 7) is 7.01. The fourth-order valence-corrected chi connectivity index (χ4v) is 3.65. The number of anilines is 1. The van der Waals surface area contributed by atoms with E-state index in [4.69, 9.17) is 11.6 Å². The molecule has 7 heteroatoms. The minimum absolute atomic E-state index is 0.106. The van der Waals surface area contributed by atoms with Gasteiger partial charge in [-0.25, -0.2) is 0 Å². The van der Waals surface area contributed by atoms with E-state index in [1.807, 2.05) is 49.4 Å². The molecule has 0 atom stereocenters. The van der Waals surface area contributed by atoms with Gasteiger partial charge in [-0.1, -0.05) is 73.6 Å². The van der Waals surface area contributed by atoms with Gasteiger partial charge in [0, 0.05) is 22.8 Å². The number of nitrogens with zero attached hydrogens (tertiary/aromatic N) is 3. The van der Waals surface area contributed by atoms with Crippen molar-refractivity contribution in [2.75, 3.05) is 11.1 Å². The van der Waals surface area contributed by atoms with Gasteiger partial charge >= 0.3 is 0 Å². The van der Waals surface area contributed by atoms with Crippen LogP contribution < -0.4 is 5.32 Å². The van der Waals surface area contributed by atoms with E-state index in [0.717, 1.165) is 28.7 Å². The largest absolute Gasteiger partial charge is 0.325 e. The molecule has 28 heavy (non-hydrogen) atoms. The first-order valence-corrected chi connectivity index (χ1v) is 10.5. The highest BCUT2D eigenvalue weighted by molar-refractivity contribution is 7.99. The van der Waals surface area contributed by atoms with Crippen molar-refractivity contribution in [3.8, 4) is 11.4 Å². The number of carbonyl (C=O) groups is 1. The maximum absolute atomic E-state index is 12.4. The average Bonchev–Trinajstić information content (AvgIpc) is 3.05. The molecule has 0 aliphatic carbocycles. The fourth-order valence-electron chi connectivity index (χ4n) is 2.72. The van der Waals surface area contributed by atoms with E-state index in [-0.39, 0.29) is 11.7 Å². The minimum atomic E-state index is -0.106. The van der Waals surface area contributed by atoms with Crippen molar-refractivity contribution >= 4 is 35.0 Å². The number of hydrogen-bond donors (Lipinski definition) is 1. The van der Waals surface area contributed by atoms with Crippen LogP contribution in [0.4, 0.5) is 5.69 Å². The number of amides is 1. The van der Waals surface area contributed by atoms with Crippen LogP contribution in [0, 0.1) is 12.8 Å². The number of hydrogen-bond acceptors (Lipinski definition) is 4. The number of nitrogens with one attached hydrogen (secondary N) is 1. The van der Waals surface area contributed by atoms with Crippen molar-refractivity contribution in [1.82, 2.24) is 14.8 Å². The quantitative estimate of drug-likeness (QED) is 0.533. The van der Waals surface area contributed by atoms with E-state index in [1.165, 1.54) is 11.8 Å². The maximum atomic E-state index is 12.4. The summed E-state index contributed by atoms with van der Waals surface area (Å²) in [6, 6.07) is 15.5. The van der Waals surface area contributed by atoms with Crippen LogP contribution in [-0.4, -0.2) is 26.4 Å². The van der Waals surface area contributed by atoms with Crippen molar-refractivity contribution in [1.29, 1.82) is 0 Å². The van der Waals surface area contributed by atoms with Gasteiger partial charge in [0.25, 0.3) is 0 Å². The molecule has 0 fully saturated rings. The molecular weight excluding hydrogens is 392 g/mol. The standard InChI is InChI=1S/C21H23ClN4OS/c1-14(2)12-26-20(16-7-5-4-6-8-16)24-25-21(26)28-13-19(27)23-17-10-9-15(3)18(22)11-17/h4-11,14H,12-13H2,1-3H3,(H,23,27). The molecular formula is C21H23ClN4OS. The van der Waals surface area contributed by atoms with E-state index in [9.17, 15) is 4.79 Å². The van der Waals surface area contributed by atoms with Crippen molar-refractivity contribution in [3.05, 3.63) is 59.1 Å². The summed E-state index contributed by atoms with van der Waals surface area (Å²) in [5.74, 6) is 1.39. The second kappa shape index (κ2) is 9.26. The zero-order valence-electron chi connectivity index (χ0n) is 16.1. The Morgan fingerprint density at radius 3 is 2.61 bits per heavy atom. The first kappa shape index (κ1) is 20.4. The Bertz CT molecular complexity index is 956. The molecule has 0 unspecified atom stereocenters. The third-order valence-electron chi connectivity index (χ3n) is 4.08. The highest BCUT2D eigenvalue weighted by Gasteiger charge is 2.16. The fraction of sp³-hybridized carbons (Fsp3) is 0.286. The molecule has 1 amide bonds. The number of halogens is 1. The minimum Gasteiger partial charge on any atom is -0.325 e. The molecule has 0 aliphatic rings. The number of aryl methyl sites for hydroxylation is 1. The summed E-state index contributed by atoms with van der Waals surface area (Å²) in [6.07, 6.45) is 0. The van der Waals surface area contributed by atoms with Gasteiger partial charge in [-0.2, -0.15) is 0 Å². The van der Waals surface area contributed by atoms with Crippen LogP contribution >= 0.6 is 23.4 Å². The van der Waals surface area contributed by atoms with E-state index >= 15 is 0 Å². The second-order valence-corrected chi connectivity index (χ2v) is 8.33. The summed E-state index contributed by atoms with van der Waals surface area (Å²) in [5, 5.41) is 12.9. The number of aromatic nitrogens is 3. The predicted octanol–water partition coefficient (Wildman–Crippen LogP) is 5.29. The molecule has 146 valence electrons. The van der Waals surface area contributed by atoms with Crippen LogP contribution in [0.1, 0.15) is 19.4 Å². The van der Waals surface area contributed by atoms with Crippen molar-refractivity contribution in [2.24, 2.45) is 5.92 Å². The van der Waals surface area contributed by atoms with Gasteiger partial charge < -0.3 is 9.88 Å². The van der Waals surface area contributed by atoms with Crippen LogP contribution in [0.5, 0.6) is 0 Å². The lowest BCUT2D eigenvalue weighted by atomic mass is 10.2. The van der Waals surface area contributed by atoms with Crippen LogP contribution in [0.3, 0.4) is 0 Å². The highest BCUT2D eigenvalue weighted by Crippen LogP contribution is 2.25. The Morgan fingerprint density at radius 2 is 1.93 bits per heavy atom. The van der Waals surface area contributed by atoms with Crippen molar-refractivity contribution in [2.45, 2.75) is 32.5 Å². The monoisotopic (exact) mass is 414 g/mol. The normalized spacial score (nSPS) is 11.0. The topological polar surface area (TPSA) is 59.8 Å². The Labute approximate surface area is 174 Å². The molecule has 1 N–H and O–H groups in total. The number of thioether (sulfide) groups is 1. The zero-order chi connectivity index (χ0) is 20.1. The molecule has 0 radical (unpaired) electrons. The first-order chi connectivity index (χ1) is 13.4. The molecule has 0 aliphatic heterocycles. The van der Waals surface area contributed by atoms with Gasteiger partial charge in [0.2, 0.25) is 5.91 Å². The Hall–Kier alpha value is -2.31. The molecule has 0 bridgehead atoms. The Morgan fingerprint density at radius 1 is 1.18 bits per heavy atom. The van der Waals surface area contributed by atoms with Gasteiger partial charge in [0.05, 0.1) is 5.75 Å². The molecule has 1 heterocycles. The lowest BCUT2D eigenvalue weighted by Gasteiger charge is -2.12. The average molecular weight is 415 g/mol. The second-order valence-electron chi connectivity index (χ2n) is 6.98. The summed E-state index contributed by atoms with van der Waals surface area (Å²) >= 11 is 7.51. The molecule has 0 saturated carbocycles. The van der Waals surface area contributed by atoms with Gasteiger partial charge in [-0.15, -0.1) is 10.2 Å². The van der Waals surface area contributed by atoms with E-state index in [2.05, 4.69) is 33.9 Å².